The van der Waals surface area contributed by atoms with Crippen LogP contribution in [0.3, 0.4) is 0 Å². The number of fused-ring (bicyclic) bond motifs is 2. The van der Waals surface area contributed by atoms with Gasteiger partial charge in [-0.25, -0.2) is 0 Å². The Kier molecular flexibility index (Phi) is 3.88. The van der Waals surface area contributed by atoms with Crippen molar-refractivity contribution in [2.45, 2.75) is 6.04 Å². The Bertz CT molecular complexity index is 966. The fourth-order valence-electron chi connectivity index (χ4n) is 3.32. The van der Waals surface area contributed by atoms with Crippen molar-refractivity contribution in [2.24, 2.45) is 5.16 Å². The molecule has 0 spiro atoms. The lowest BCUT2D eigenvalue weighted by Gasteiger charge is -2.25. The van der Waals surface area contributed by atoms with Gasteiger partial charge in [0.25, 0.3) is 17.7 Å². The highest BCUT2D eigenvalue weighted by Crippen LogP contribution is 2.34. The Hall–Kier alpha value is -3.68. The maximum Gasteiger partial charge on any atom is 0.262 e. The minimum absolute atomic E-state index is 0.144. The summed E-state index contributed by atoms with van der Waals surface area (Å²) in [6.07, 6.45) is 1.23. The third kappa shape index (κ3) is 2.53. The van der Waals surface area contributed by atoms with Crippen molar-refractivity contribution >= 4 is 29.6 Å². The Balaban J connectivity index is 1.70. The Morgan fingerprint density at radius 1 is 1.11 bits per heavy atom. The van der Waals surface area contributed by atoms with Crippen LogP contribution >= 0.6 is 0 Å². The summed E-state index contributed by atoms with van der Waals surface area (Å²) < 4.78 is 5.73. The molecule has 2 aromatic rings. The monoisotopic (exact) mass is 365 g/mol. The number of rotatable bonds is 2. The van der Waals surface area contributed by atoms with Gasteiger partial charge in [0.1, 0.15) is 12.4 Å². The average Bonchev–Trinajstić information content (AvgIpc) is 2.86. The highest BCUT2D eigenvalue weighted by molar-refractivity contribution is 6.23. The molecule has 4 rings (SSSR count). The van der Waals surface area contributed by atoms with Crippen molar-refractivity contribution in [3.05, 3.63) is 59.2 Å². The Morgan fingerprint density at radius 3 is 2.41 bits per heavy atom. The van der Waals surface area contributed by atoms with Gasteiger partial charge in [-0.1, -0.05) is 17.3 Å². The van der Waals surface area contributed by atoms with Crippen molar-refractivity contribution in [3.63, 3.8) is 0 Å². The summed E-state index contributed by atoms with van der Waals surface area (Å²) >= 11 is 0. The summed E-state index contributed by atoms with van der Waals surface area (Å²) in [5, 5.41) is 11.7. The molecule has 0 saturated heterocycles. The predicted octanol–water partition coefficient (Wildman–Crippen LogP) is 1.51. The third-order valence-corrected chi connectivity index (χ3v) is 4.70. The van der Waals surface area contributed by atoms with Gasteiger partial charge in [-0.15, -0.1) is 0 Å². The maximum atomic E-state index is 13.0. The first kappa shape index (κ1) is 16.8. The Morgan fingerprint density at radius 2 is 1.78 bits per heavy atom. The highest BCUT2D eigenvalue weighted by atomic mass is 16.5. The van der Waals surface area contributed by atoms with Gasteiger partial charge in [-0.2, -0.15) is 0 Å². The first-order chi connectivity index (χ1) is 13.0. The standard InChI is InChI=1S/C19H15N3O5/c1-21-14-8-11(9-20-26)6-7-16(14)27-10-15(19(21)25)22-17(23)12-4-2-3-5-13(12)18(22)24/h2-9,15,26H,10H2,1H3/t15-/m0/s1. The first-order valence-corrected chi connectivity index (χ1v) is 8.21. The average molecular weight is 365 g/mol. The lowest BCUT2D eigenvalue weighted by atomic mass is 10.1. The van der Waals surface area contributed by atoms with Crippen LogP contribution in [0.4, 0.5) is 5.69 Å². The molecule has 0 saturated carbocycles. The summed E-state index contributed by atoms with van der Waals surface area (Å²) in [6, 6.07) is 10.3. The van der Waals surface area contributed by atoms with Crippen LogP contribution in [0.15, 0.2) is 47.6 Å². The zero-order valence-corrected chi connectivity index (χ0v) is 14.3. The second-order valence-electron chi connectivity index (χ2n) is 6.22. The molecule has 0 fully saturated rings. The van der Waals surface area contributed by atoms with Crippen LogP contribution in [0.2, 0.25) is 0 Å². The van der Waals surface area contributed by atoms with Crippen LogP contribution in [0.1, 0.15) is 26.3 Å². The van der Waals surface area contributed by atoms with Gasteiger partial charge in [-0.3, -0.25) is 19.3 Å². The third-order valence-electron chi connectivity index (χ3n) is 4.70. The summed E-state index contributed by atoms with van der Waals surface area (Å²) in [4.78, 5) is 40.8. The molecular formula is C19H15N3O5. The molecule has 8 heteroatoms. The molecule has 136 valence electrons. The summed E-state index contributed by atoms with van der Waals surface area (Å²) in [5.41, 5.74) is 1.58. The molecule has 2 aliphatic heterocycles. The van der Waals surface area contributed by atoms with Crippen molar-refractivity contribution in [3.8, 4) is 5.75 Å². The molecule has 3 amide bonds. The normalized spacial score (nSPS) is 19.1. The number of carbonyl (C=O) groups is 3. The highest BCUT2D eigenvalue weighted by Gasteiger charge is 2.45. The van der Waals surface area contributed by atoms with E-state index in [1.807, 2.05) is 0 Å². The van der Waals surface area contributed by atoms with Crippen molar-refractivity contribution in [2.75, 3.05) is 18.6 Å². The zero-order valence-electron chi connectivity index (χ0n) is 14.3. The number of carbonyl (C=O) groups excluding carboxylic acids is 3. The van der Waals surface area contributed by atoms with E-state index in [2.05, 4.69) is 5.16 Å². The molecule has 2 heterocycles. The van der Waals surface area contributed by atoms with Crippen LogP contribution in [-0.2, 0) is 4.79 Å². The second-order valence-corrected chi connectivity index (χ2v) is 6.22. The van der Waals surface area contributed by atoms with E-state index >= 15 is 0 Å². The van der Waals surface area contributed by atoms with Gasteiger partial charge in [0.15, 0.2) is 6.04 Å². The topological polar surface area (TPSA) is 99.5 Å². The molecule has 1 atom stereocenters. The molecule has 2 aliphatic rings. The molecule has 0 radical (unpaired) electrons. The van der Waals surface area contributed by atoms with Crippen LogP contribution in [0.5, 0.6) is 5.75 Å². The first-order valence-electron chi connectivity index (χ1n) is 8.21. The number of hydrogen-bond acceptors (Lipinski definition) is 6. The minimum atomic E-state index is -1.08. The van der Waals surface area contributed by atoms with E-state index in [0.29, 0.717) is 17.0 Å². The number of benzene rings is 2. The molecule has 0 bridgehead atoms. The number of nitrogens with zero attached hydrogens (tertiary/aromatic N) is 3. The van der Waals surface area contributed by atoms with Gasteiger partial charge in [0.05, 0.1) is 23.0 Å². The van der Waals surface area contributed by atoms with Crippen LogP contribution in [0.25, 0.3) is 0 Å². The van der Waals surface area contributed by atoms with E-state index in [1.165, 1.54) is 11.1 Å². The van der Waals surface area contributed by atoms with Crippen molar-refractivity contribution < 1.29 is 24.3 Å². The fourth-order valence-corrected chi connectivity index (χ4v) is 3.32. The molecule has 8 nitrogen and oxygen atoms in total. The van der Waals surface area contributed by atoms with E-state index in [1.54, 1.807) is 49.5 Å². The molecule has 0 aromatic heterocycles. The fraction of sp³-hybridized carbons (Fsp3) is 0.158. The molecule has 27 heavy (non-hydrogen) atoms. The Labute approximate surface area is 154 Å². The van der Waals surface area contributed by atoms with Crippen LogP contribution in [0, 0.1) is 0 Å². The maximum absolute atomic E-state index is 13.0. The molecule has 0 aliphatic carbocycles. The predicted molar refractivity (Wildman–Crippen MR) is 95.5 cm³/mol. The summed E-state index contributed by atoms with van der Waals surface area (Å²) in [5.74, 6) is -1.03. The van der Waals surface area contributed by atoms with Gasteiger partial charge in [0, 0.05) is 7.05 Å². The zero-order chi connectivity index (χ0) is 19.1. The van der Waals surface area contributed by atoms with E-state index in [0.717, 1.165) is 4.90 Å². The smallest absolute Gasteiger partial charge is 0.262 e. The second kappa shape index (κ2) is 6.24. The minimum Gasteiger partial charge on any atom is -0.489 e. The lowest BCUT2D eigenvalue weighted by molar-refractivity contribution is -0.122. The summed E-state index contributed by atoms with van der Waals surface area (Å²) in [6.45, 7) is -0.144. The lowest BCUT2D eigenvalue weighted by Crippen LogP contribution is -2.52. The van der Waals surface area contributed by atoms with Crippen molar-refractivity contribution in [1.82, 2.24) is 4.90 Å². The van der Waals surface area contributed by atoms with Gasteiger partial charge in [-0.05, 0) is 35.9 Å². The number of hydrogen-bond donors (Lipinski definition) is 1. The number of likely N-dealkylation sites (N-methyl/N-ethyl adjacent to an activating group) is 1. The van der Waals surface area contributed by atoms with Crippen molar-refractivity contribution in [1.29, 1.82) is 0 Å². The largest absolute Gasteiger partial charge is 0.489 e. The van der Waals surface area contributed by atoms with Gasteiger partial charge in [0.2, 0.25) is 0 Å². The van der Waals surface area contributed by atoms with Gasteiger partial charge >= 0.3 is 0 Å². The van der Waals surface area contributed by atoms with E-state index < -0.39 is 23.8 Å². The van der Waals surface area contributed by atoms with Crippen LogP contribution in [-0.4, -0.2) is 53.7 Å². The number of imide groups is 1. The summed E-state index contributed by atoms with van der Waals surface area (Å²) in [7, 11) is 1.54. The molecule has 1 N–H and O–H groups in total. The number of oxime groups is 1. The molecular weight excluding hydrogens is 350 g/mol. The van der Waals surface area contributed by atoms with E-state index in [9.17, 15) is 14.4 Å². The van der Waals surface area contributed by atoms with Crippen LogP contribution < -0.4 is 9.64 Å². The SMILES string of the molecule is CN1C(=O)[C@@H](N2C(=O)c3ccccc3C2=O)COc2ccc(C=NO)cc21. The number of ether oxygens (including phenoxy) is 1. The number of anilines is 1. The molecule has 2 aromatic carbocycles. The number of amides is 3. The van der Waals surface area contributed by atoms with Gasteiger partial charge < -0.3 is 14.8 Å². The van der Waals surface area contributed by atoms with E-state index in [4.69, 9.17) is 9.94 Å². The molecule has 0 unspecified atom stereocenters. The van der Waals surface area contributed by atoms with E-state index in [-0.39, 0.29) is 17.7 Å². The quantitative estimate of drug-likeness (QED) is 0.376.